The minimum Gasteiger partial charge on any atom is -0.383 e. The van der Waals surface area contributed by atoms with Crippen LogP contribution in [0.1, 0.15) is 37.4 Å². The van der Waals surface area contributed by atoms with Crippen LogP contribution in [-0.2, 0) is 16.1 Å². The zero-order valence-electron chi connectivity index (χ0n) is 10.6. The summed E-state index contributed by atoms with van der Waals surface area (Å²) in [6, 6.07) is 0. The number of rotatable bonds is 6. The fraction of sp³-hybridized carbons (Fsp3) is 0.667. The van der Waals surface area contributed by atoms with Gasteiger partial charge in [0.2, 0.25) is 0 Å². The third-order valence-corrected chi connectivity index (χ3v) is 4.07. The predicted molar refractivity (Wildman–Crippen MR) is 77.0 cm³/mol. The number of ether oxygens (including phenoxy) is 2. The largest absolute Gasteiger partial charge is 0.383 e. The Morgan fingerprint density at radius 3 is 2.72 bits per heavy atom. The Morgan fingerprint density at radius 1 is 1.44 bits per heavy atom. The third-order valence-electron chi connectivity index (χ3n) is 2.89. The van der Waals surface area contributed by atoms with Crippen LogP contribution >= 0.6 is 22.6 Å². The van der Waals surface area contributed by atoms with Crippen LogP contribution in [0, 0.1) is 9.49 Å². The highest BCUT2D eigenvalue weighted by Gasteiger charge is 2.35. The van der Waals surface area contributed by atoms with E-state index in [4.69, 9.17) is 15.2 Å². The summed E-state index contributed by atoms with van der Waals surface area (Å²) in [7, 11) is 1.65. The summed E-state index contributed by atoms with van der Waals surface area (Å²) in [5.74, 6) is 1.75. The van der Waals surface area contributed by atoms with Crippen LogP contribution < -0.4 is 5.73 Å². The van der Waals surface area contributed by atoms with Gasteiger partial charge >= 0.3 is 0 Å². The minimum atomic E-state index is -0.0232. The van der Waals surface area contributed by atoms with Gasteiger partial charge in [-0.15, -0.1) is 0 Å². The molecule has 0 bridgehead atoms. The molecule has 1 aliphatic rings. The zero-order valence-corrected chi connectivity index (χ0v) is 12.8. The molecule has 1 aliphatic carbocycles. The topological polar surface area (TPSA) is 70.3 Å². The first kappa shape index (κ1) is 14.0. The zero-order chi connectivity index (χ0) is 13.1. The van der Waals surface area contributed by atoms with Crippen LogP contribution in [-0.4, -0.2) is 23.7 Å². The molecule has 1 aromatic rings. The number of aromatic nitrogens is 2. The maximum absolute atomic E-state index is 5.94. The normalized spacial score (nSPS) is 16.8. The van der Waals surface area contributed by atoms with Gasteiger partial charge in [0.15, 0.2) is 5.82 Å². The van der Waals surface area contributed by atoms with Crippen molar-refractivity contribution in [2.24, 2.45) is 5.92 Å². The lowest BCUT2D eigenvalue weighted by Crippen LogP contribution is -2.15. The molecule has 100 valence electrons. The molecule has 1 heterocycles. The minimum absolute atomic E-state index is 0.0232. The van der Waals surface area contributed by atoms with Gasteiger partial charge in [0.05, 0.1) is 15.9 Å². The van der Waals surface area contributed by atoms with Crippen molar-refractivity contribution in [1.82, 2.24) is 9.97 Å². The van der Waals surface area contributed by atoms with Gasteiger partial charge in [-0.25, -0.2) is 9.97 Å². The molecule has 18 heavy (non-hydrogen) atoms. The van der Waals surface area contributed by atoms with Crippen LogP contribution in [0.3, 0.4) is 0 Å². The maximum atomic E-state index is 5.94. The first-order valence-corrected chi connectivity index (χ1v) is 7.17. The van der Waals surface area contributed by atoms with Gasteiger partial charge in [-0.3, -0.25) is 0 Å². The lowest BCUT2D eigenvalue weighted by Gasteiger charge is -2.17. The number of methoxy groups -OCH3 is 1. The summed E-state index contributed by atoms with van der Waals surface area (Å²) in [4.78, 5) is 8.93. The molecule has 2 N–H and O–H groups in total. The molecular formula is C12H18IN3O2. The van der Waals surface area contributed by atoms with Gasteiger partial charge in [-0.1, -0.05) is 0 Å². The molecule has 1 unspecified atom stereocenters. The molecular weight excluding hydrogens is 345 g/mol. The van der Waals surface area contributed by atoms with E-state index in [0.29, 0.717) is 30.8 Å². The van der Waals surface area contributed by atoms with Crippen molar-refractivity contribution in [3.05, 3.63) is 15.1 Å². The van der Waals surface area contributed by atoms with E-state index in [1.54, 1.807) is 7.11 Å². The highest BCUT2D eigenvalue weighted by molar-refractivity contribution is 14.1. The number of nitrogens with zero attached hydrogens (tertiary/aromatic N) is 2. The molecule has 1 aromatic heterocycles. The van der Waals surface area contributed by atoms with Crippen LogP contribution in [0.4, 0.5) is 5.82 Å². The number of nitrogens with two attached hydrogens (primary N) is 1. The fourth-order valence-electron chi connectivity index (χ4n) is 1.89. The number of hydrogen-bond acceptors (Lipinski definition) is 5. The van der Waals surface area contributed by atoms with E-state index in [0.717, 1.165) is 9.26 Å². The number of halogens is 1. The summed E-state index contributed by atoms with van der Waals surface area (Å²) >= 11 is 2.15. The second-order valence-corrected chi connectivity index (χ2v) is 5.45. The molecule has 1 atom stereocenters. The third kappa shape index (κ3) is 3.10. The van der Waals surface area contributed by atoms with E-state index >= 15 is 0 Å². The van der Waals surface area contributed by atoms with Gasteiger partial charge in [0, 0.05) is 13.7 Å². The monoisotopic (exact) mass is 363 g/mol. The predicted octanol–water partition coefficient (Wildman–Crippen LogP) is 2.30. The Morgan fingerprint density at radius 2 is 2.17 bits per heavy atom. The molecule has 6 heteroatoms. The van der Waals surface area contributed by atoms with E-state index in [2.05, 4.69) is 32.6 Å². The first-order valence-electron chi connectivity index (χ1n) is 6.09. The Balaban J connectivity index is 2.30. The molecule has 0 amide bonds. The number of nitrogen functional groups attached to an aromatic ring is 1. The summed E-state index contributed by atoms with van der Waals surface area (Å²) in [6.07, 6.45) is 2.34. The molecule has 0 aromatic carbocycles. The van der Waals surface area contributed by atoms with Crippen molar-refractivity contribution >= 4 is 28.4 Å². The Labute approximate surface area is 121 Å². The second kappa shape index (κ2) is 6.12. The maximum Gasteiger partial charge on any atom is 0.160 e. The SMILES string of the molecule is CCOC(c1nc(N)c(I)c(COC)n1)C1CC1. The Bertz CT molecular complexity index is 424. The van der Waals surface area contributed by atoms with Crippen molar-refractivity contribution in [3.63, 3.8) is 0 Å². The average Bonchev–Trinajstić information content (AvgIpc) is 3.16. The highest BCUT2D eigenvalue weighted by Crippen LogP contribution is 2.42. The van der Waals surface area contributed by atoms with Gasteiger partial charge < -0.3 is 15.2 Å². The van der Waals surface area contributed by atoms with Gasteiger partial charge in [0.25, 0.3) is 0 Å². The van der Waals surface area contributed by atoms with E-state index in [9.17, 15) is 0 Å². The van der Waals surface area contributed by atoms with E-state index in [-0.39, 0.29) is 6.10 Å². The van der Waals surface area contributed by atoms with Crippen molar-refractivity contribution in [1.29, 1.82) is 0 Å². The molecule has 1 fully saturated rings. The standard InChI is InChI=1S/C12H18IN3O2/c1-3-18-10(7-4-5-7)12-15-8(6-17-2)9(13)11(14)16-12/h7,10H,3-6H2,1-2H3,(H2,14,15,16). The van der Waals surface area contributed by atoms with Crippen LogP contribution in [0.5, 0.6) is 0 Å². The molecule has 0 saturated heterocycles. The number of anilines is 1. The average molecular weight is 363 g/mol. The number of hydrogen-bond donors (Lipinski definition) is 1. The van der Waals surface area contributed by atoms with Gasteiger partial charge in [0.1, 0.15) is 11.9 Å². The van der Waals surface area contributed by atoms with Gasteiger partial charge in [-0.2, -0.15) is 0 Å². The Kier molecular flexibility index (Phi) is 4.74. The molecule has 0 radical (unpaired) electrons. The van der Waals surface area contributed by atoms with Crippen LogP contribution in [0.2, 0.25) is 0 Å². The summed E-state index contributed by atoms with van der Waals surface area (Å²) in [6.45, 7) is 3.10. The van der Waals surface area contributed by atoms with Crippen molar-refractivity contribution in [2.75, 3.05) is 19.5 Å². The molecule has 5 nitrogen and oxygen atoms in total. The summed E-state index contributed by atoms with van der Waals surface area (Å²) in [5.41, 5.74) is 6.78. The lowest BCUT2D eigenvalue weighted by molar-refractivity contribution is 0.0396. The van der Waals surface area contributed by atoms with Crippen LogP contribution in [0.25, 0.3) is 0 Å². The first-order chi connectivity index (χ1) is 8.67. The van der Waals surface area contributed by atoms with Crippen LogP contribution in [0.15, 0.2) is 0 Å². The Hall–Kier alpha value is -0.470. The van der Waals surface area contributed by atoms with Crippen molar-refractivity contribution in [2.45, 2.75) is 32.5 Å². The van der Waals surface area contributed by atoms with E-state index in [1.165, 1.54) is 12.8 Å². The lowest BCUT2D eigenvalue weighted by atomic mass is 10.2. The smallest absolute Gasteiger partial charge is 0.160 e. The van der Waals surface area contributed by atoms with Crippen molar-refractivity contribution in [3.8, 4) is 0 Å². The molecule has 2 rings (SSSR count). The fourth-order valence-corrected chi connectivity index (χ4v) is 2.29. The quantitative estimate of drug-likeness (QED) is 0.786. The molecule has 0 aliphatic heterocycles. The second-order valence-electron chi connectivity index (χ2n) is 4.37. The van der Waals surface area contributed by atoms with Crippen molar-refractivity contribution < 1.29 is 9.47 Å². The summed E-state index contributed by atoms with van der Waals surface area (Å²) < 4.78 is 11.8. The highest BCUT2D eigenvalue weighted by atomic mass is 127. The van der Waals surface area contributed by atoms with Gasteiger partial charge in [-0.05, 0) is 48.3 Å². The summed E-state index contributed by atoms with van der Waals surface area (Å²) in [5, 5.41) is 0. The van der Waals surface area contributed by atoms with E-state index < -0.39 is 0 Å². The molecule has 0 spiro atoms. The molecule has 1 saturated carbocycles. The van der Waals surface area contributed by atoms with E-state index in [1.807, 2.05) is 6.92 Å².